The summed E-state index contributed by atoms with van der Waals surface area (Å²) in [4.78, 5) is 11.5. The van der Waals surface area contributed by atoms with Crippen LogP contribution < -0.4 is 0 Å². The summed E-state index contributed by atoms with van der Waals surface area (Å²) < 4.78 is 1.98. The zero-order valence-corrected chi connectivity index (χ0v) is 11.7. The number of benzene rings is 2. The number of carbonyl (C=O) groups is 1. The summed E-state index contributed by atoms with van der Waals surface area (Å²) in [5, 5.41) is 9.40. The van der Waals surface area contributed by atoms with E-state index in [9.17, 15) is 9.90 Å². The molecule has 0 bridgehead atoms. The van der Waals surface area contributed by atoms with Crippen LogP contribution in [-0.4, -0.2) is 15.6 Å². The van der Waals surface area contributed by atoms with Gasteiger partial charge in [0.05, 0.1) is 16.9 Å². The Labute approximate surface area is 123 Å². The molecule has 0 aliphatic rings. The monoisotopic (exact) mass is 277 g/mol. The van der Waals surface area contributed by atoms with E-state index in [1.165, 1.54) is 0 Å². The molecular weight excluding hydrogens is 262 g/mol. The maximum Gasteiger partial charge on any atom is 0.337 e. The number of carboxylic acids is 1. The lowest BCUT2D eigenvalue weighted by atomic mass is 10.1. The van der Waals surface area contributed by atoms with Crippen LogP contribution >= 0.6 is 0 Å². The van der Waals surface area contributed by atoms with Crippen LogP contribution in [0, 0.1) is 6.92 Å². The number of hydrogen-bond acceptors (Lipinski definition) is 1. The number of aryl methyl sites for hydroxylation is 1. The van der Waals surface area contributed by atoms with Gasteiger partial charge in [-0.3, -0.25) is 0 Å². The van der Waals surface area contributed by atoms with E-state index in [0.29, 0.717) is 11.3 Å². The van der Waals surface area contributed by atoms with Crippen molar-refractivity contribution in [1.29, 1.82) is 0 Å². The predicted octanol–water partition coefficient (Wildman–Crippen LogP) is 4.15. The SMILES string of the molecule is Cc1ccc(-c2ccccc2)n1-c1ccccc1C(=O)O. The van der Waals surface area contributed by atoms with E-state index in [0.717, 1.165) is 17.0 Å². The van der Waals surface area contributed by atoms with E-state index in [1.54, 1.807) is 12.1 Å². The molecule has 0 amide bonds. The lowest BCUT2D eigenvalue weighted by Crippen LogP contribution is -2.07. The van der Waals surface area contributed by atoms with E-state index in [1.807, 2.05) is 66.1 Å². The Balaban J connectivity index is 2.25. The number of para-hydroxylation sites is 1. The summed E-state index contributed by atoms with van der Waals surface area (Å²) >= 11 is 0. The van der Waals surface area contributed by atoms with Gasteiger partial charge in [-0.15, -0.1) is 0 Å². The number of aromatic nitrogens is 1. The second-order valence-corrected chi connectivity index (χ2v) is 4.88. The topological polar surface area (TPSA) is 42.2 Å². The van der Waals surface area contributed by atoms with E-state index in [2.05, 4.69) is 0 Å². The fraction of sp³-hybridized carbons (Fsp3) is 0.0556. The van der Waals surface area contributed by atoms with Crippen molar-refractivity contribution < 1.29 is 9.90 Å². The molecule has 1 N–H and O–H groups in total. The van der Waals surface area contributed by atoms with Gasteiger partial charge in [0.1, 0.15) is 0 Å². The molecule has 0 saturated heterocycles. The zero-order chi connectivity index (χ0) is 14.8. The zero-order valence-electron chi connectivity index (χ0n) is 11.7. The first-order chi connectivity index (χ1) is 10.2. The van der Waals surface area contributed by atoms with Gasteiger partial charge >= 0.3 is 5.97 Å². The van der Waals surface area contributed by atoms with Crippen LogP contribution in [0.1, 0.15) is 16.1 Å². The molecule has 2 aromatic carbocycles. The van der Waals surface area contributed by atoms with E-state index >= 15 is 0 Å². The molecule has 21 heavy (non-hydrogen) atoms. The molecule has 1 aromatic heterocycles. The standard InChI is InChI=1S/C18H15NO2/c1-13-11-12-16(14-7-3-2-4-8-14)19(13)17-10-6-5-9-15(17)18(20)21/h2-12H,1H3,(H,20,21). The fourth-order valence-electron chi connectivity index (χ4n) is 2.54. The molecule has 104 valence electrons. The van der Waals surface area contributed by atoms with E-state index in [-0.39, 0.29) is 0 Å². The third kappa shape index (κ3) is 2.34. The minimum atomic E-state index is -0.919. The highest BCUT2D eigenvalue weighted by atomic mass is 16.4. The highest BCUT2D eigenvalue weighted by molar-refractivity contribution is 5.92. The van der Waals surface area contributed by atoms with Crippen LogP contribution in [0.25, 0.3) is 16.9 Å². The summed E-state index contributed by atoms with van der Waals surface area (Å²) in [6, 6.07) is 21.1. The molecule has 0 fully saturated rings. The van der Waals surface area contributed by atoms with Crippen molar-refractivity contribution in [1.82, 2.24) is 4.57 Å². The van der Waals surface area contributed by atoms with Crippen molar-refractivity contribution in [3.05, 3.63) is 78.0 Å². The molecule has 0 atom stereocenters. The Kier molecular flexibility index (Phi) is 3.32. The molecule has 3 nitrogen and oxygen atoms in total. The maximum atomic E-state index is 11.5. The Hall–Kier alpha value is -2.81. The van der Waals surface area contributed by atoms with Gasteiger partial charge in [-0.25, -0.2) is 4.79 Å². The van der Waals surface area contributed by atoms with Crippen LogP contribution in [0.3, 0.4) is 0 Å². The highest BCUT2D eigenvalue weighted by Gasteiger charge is 2.15. The van der Waals surface area contributed by atoms with Crippen molar-refractivity contribution in [2.75, 3.05) is 0 Å². The summed E-state index contributed by atoms with van der Waals surface area (Å²) in [5.41, 5.74) is 4.04. The maximum absolute atomic E-state index is 11.5. The smallest absolute Gasteiger partial charge is 0.337 e. The molecule has 0 aliphatic carbocycles. The molecule has 0 spiro atoms. The molecule has 0 radical (unpaired) electrons. The molecule has 0 saturated carbocycles. The molecule has 3 rings (SSSR count). The molecular formula is C18H15NO2. The van der Waals surface area contributed by atoms with E-state index in [4.69, 9.17) is 0 Å². The van der Waals surface area contributed by atoms with Crippen LogP contribution in [0.15, 0.2) is 66.7 Å². The third-order valence-corrected chi connectivity index (χ3v) is 3.52. The number of hydrogen-bond donors (Lipinski definition) is 1. The van der Waals surface area contributed by atoms with Crippen LogP contribution in [-0.2, 0) is 0 Å². The summed E-state index contributed by atoms with van der Waals surface area (Å²) in [6.07, 6.45) is 0. The number of carboxylic acid groups (broad SMARTS) is 1. The highest BCUT2D eigenvalue weighted by Crippen LogP contribution is 2.28. The number of nitrogens with zero attached hydrogens (tertiary/aromatic N) is 1. The van der Waals surface area contributed by atoms with Gasteiger partial charge in [0.2, 0.25) is 0 Å². The summed E-state index contributed by atoms with van der Waals surface area (Å²) in [7, 11) is 0. The Morgan fingerprint density at radius 2 is 1.57 bits per heavy atom. The van der Waals surface area contributed by atoms with Gasteiger partial charge in [0, 0.05) is 5.69 Å². The molecule has 0 unspecified atom stereocenters. The molecule has 3 heteroatoms. The van der Waals surface area contributed by atoms with Gasteiger partial charge in [-0.1, -0.05) is 42.5 Å². The predicted molar refractivity (Wildman–Crippen MR) is 82.9 cm³/mol. The number of rotatable bonds is 3. The molecule has 3 aromatic rings. The largest absolute Gasteiger partial charge is 0.478 e. The first-order valence-corrected chi connectivity index (χ1v) is 6.75. The fourth-order valence-corrected chi connectivity index (χ4v) is 2.54. The lowest BCUT2D eigenvalue weighted by molar-refractivity contribution is 0.0697. The van der Waals surface area contributed by atoms with Gasteiger partial charge in [-0.05, 0) is 36.8 Å². The van der Waals surface area contributed by atoms with Crippen LogP contribution in [0.2, 0.25) is 0 Å². The third-order valence-electron chi connectivity index (χ3n) is 3.52. The van der Waals surface area contributed by atoms with Crippen molar-refractivity contribution >= 4 is 5.97 Å². The summed E-state index contributed by atoms with van der Waals surface area (Å²) in [5.74, 6) is -0.919. The average molecular weight is 277 g/mol. The van der Waals surface area contributed by atoms with Crippen molar-refractivity contribution in [3.63, 3.8) is 0 Å². The Bertz CT molecular complexity index is 788. The normalized spacial score (nSPS) is 10.5. The van der Waals surface area contributed by atoms with Gasteiger partial charge in [0.15, 0.2) is 0 Å². The Morgan fingerprint density at radius 3 is 2.29 bits per heavy atom. The first kappa shape index (κ1) is 13.2. The lowest BCUT2D eigenvalue weighted by Gasteiger charge is -2.14. The van der Waals surface area contributed by atoms with Gasteiger partial charge < -0.3 is 9.67 Å². The number of aromatic carboxylic acids is 1. The average Bonchev–Trinajstić information content (AvgIpc) is 2.89. The van der Waals surface area contributed by atoms with Gasteiger partial charge in [-0.2, -0.15) is 0 Å². The van der Waals surface area contributed by atoms with Crippen molar-refractivity contribution in [2.24, 2.45) is 0 Å². The van der Waals surface area contributed by atoms with E-state index < -0.39 is 5.97 Å². The van der Waals surface area contributed by atoms with Crippen LogP contribution in [0.5, 0.6) is 0 Å². The second kappa shape index (κ2) is 5.29. The first-order valence-electron chi connectivity index (χ1n) is 6.75. The molecule has 0 aliphatic heterocycles. The van der Waals surface area contributed by atoms with Crippen molar-refractivity contribution in [2.45, 2.75) is 6.92 Å². The van der Waals surface area contributed by atoms with Gasteiger partial charge in [0.25, 0.3) is 0 Å². The van der Waals surface area contributed by atoms with Crippen molar-refractivity contribution in [3.8, 4) is 16.9 Å². The van der Waals surface area contributed by atoms with Crippen LogP contribution in [0.4, 0.5) is 0 Å². The minimum Gasteiger partial charge on any atom is -0.478 e. The Morgan fingerprint density at radius 1 is 0.905 bits per heavy atom. The quantitative estimate of drug-likeness (QED) is 0.781. The minimum absolute atomic E-state index is 0.300. The molecule has 1 heterocycles. The summed E-state index contributed by atoms with van der Waals surface area (Å²) in [6.45, 7) is 1.98. The second-order valence-electron chi connectivity index (χ2n) is 4.88.